The van der Waals surface area contributed by atoms with E-state index in [0.29, 0.717) is 6.61 Å². The summed E-state index contributed by atoms with van der Waals surface area (Å²) in [5.41, 5.74) is 0. The summed E-state index contributed by atoms with van der Waals surface area (Å²) in [4.78, 5) is 0. The van der Waals surface area contributed by atoms with Gasteiger partial charge in [0, 0.05) is 6.61 Å². The van der Waals surface area contributed by atoms with Crippen molar-refractivity contribution >= 4 is 0 Å². The summed E-state index contributed by atoms with van der Waals surface area (Å²) in [6, 6.07) is 0. The zero-order valence-electron chi connectivity index (χ0n) is 19.2. The highest BCUT2D eigenvalue weighted by molar-refractivity contribution is 4.88. The van der Waals surface area contributed by atoms with Gasteiger partial charge >= 0.3 is 0 Å². The highest BCUT2D eigenvalue weighted by atomic mass is 16.6. The lowest BCUT2D eigenvalue weighted by Crippen LogP contribution is -2.42. The Morgan fingerprint density at radius 1 is 0.800 bits per heavy atom. The largest absolute Gasteiger partial charge is 0.394 e. The van der Waals surface area contributed by atoms with E-state index in [1.807, 2.05) is 6.08 Å². The van der Waals surface area contributed by atoms with Crippen molar-refractivity contribution in [1.82, 2.24) is 0 Å². The van der Waals surface area contributed by atoms with Crippen LogP contribution in [-0.4, -0.2) is 59.6 Å². The van der Waals surface area contributed by atoms with E-state index in [9.17, 15) is 15.3 Å². The average Bonchev–Trinajstić information content (AvgIpc) is 3.08. The fourth-order valence-electron chi connectivity index (χ4n) is 4.13. The molecule has 1 rings (SSSR count). The number of aliphatic hydroxyl groups is 3. The van der Waals surface area contributed by atoms with Crippen LogP contribution in [0.25, 0.3) is 0 Å². The van der Waals surface area contributed by atoms with Crippen LogP contribution < -0.4 is 0 Å². The molecule has 30 heavy (non-hydrogen) atoms. The van der Waals surface area contributed by atoms with Gasteiger partial charge in [-0.3, -0.25) is 0 Å². The Balaban J connectivity index is 1.80. The van der Waals surface area contributed by atoms with Gasteiger partial charge in [0.1, 0.15) is 24.4 Å². The van der Waals surface area contributed by atoms with Gasteiger partial charge in [-0.1, -0.05) is 89.5 Å². The van der Waals surface area contributed by atoms with Crippen LogP contribution in [-0.2, 0) is 9.47 Å². The highest BCUT2D eigenvalue weighted by Crippen LogP contribution is 2.20. The minimum Gasteiger partial charge on any atom is -0.394 e. The molecule has 1 heterocycles. The fourth-order valence-corrected chi connectivity index (χ4v) is 4.13. The zero-order valence-corrected chi connectivity index (χ0v) is 19.2. The summed E-state index contributed by atoms with van der Waals surface area (Å²) < 4.78 is 11.0. The van der Waals surface area contributed by atoms with Crippen LogP contribution in [0.3, 0.4) is 0 Å². The Bertz CT molecular complexity index is 390. The Hall–Kier alpha value is -0.460. The molecule has 1 saturated heterocycles. The molecule has 178 valence electrons. The van der Waals surface area contributed by atoms with Gasteiger partial charge in [0.15, 0.2) is 0 Å². The van der Waals surface area contributed by atoms with Crippen molar-refractivity contribution in [3.63, 3.8) is 0 Å². The minimum absolute atomic E-state index is 0.0993. The first-order chi connectivity index (χ1) is 14.7. The van der Waals surface area contributed by atoms with Gasteiger partial charge in [-0.05, 0) is 19.3 Å². The zero-order chi connectivity index (χ0) is 21.9. The van der Waals surface area contributed by atoms with Gasteiger partial charge in [0.2, 0.25) is 0 Å². The van der Waals surface area contributed by atoms with E-state index in [2.05, 4.69) is 6.58 Å². The maximum atomic E-state index is 9.84. The number of ether oxygens (including phenoxy) is 2. The number of hydrogen-bond acceptors (Lipinski definition) is 5. The molecule has 1 aliphatic rings. The Labute approximate surface area is 184 Å². The predicted octanol–water partition coefficient (Wildman–Crippen LogP) is 4.91. The normalized spacial score (nSPS) is 22.4. The van der Waals surface area contributed by atoms with E-state index in [-0.39, 0.29) is 13.2 Å². The van der Waals surface area contributed by atoms with Crippen molar-refractivity contribution in [1.29, 1.82) is 0 Å². The molecule has 0 aromatic carbocycles. The third-order valence-electron chi connectivity index (χ3n) is 6.12. The van der Waals surface area contributed by atoms with Gasteiger partial charge in [-0.2, -0.15) is 0 Å². The molecule has 0 saturated carbocycles. The lowest BCUT2D eigenvalue weighted by atomic mass is 10.0. The second-order valence-corrected chi connectivity index (χ2v) is 8.83. The van der Waals surface area contributed by atoms with E-state index in [1.165, 1.54) is 89.9 Å². The summed E-state index contributed by atoms with van der Waals surface area (Å²) in [5.74, 6) is 0. The van der Waals surface area contributed by atoms with Crippen LogP contribution >= 0.6 is 0 Å². The molecule has 1 fully saturated rings. The first-order valence-corrected chi connectivity index (χ1v) is 12.5. The maximum Gasteiger partial charge on any atom is 0.114 e. The molecule has 0 aromatic heterocycles. The molecule has 0 aromatic rings. The predicted molar refractivity (Wildman–Crippen MR) is 123 cm³/mol. The lowest BCUT2D eigenvalue weighted by molar-refractivity contribution is -0.101. The maximum absolute atomic E-state index is 9.84. The van der Waals surface area contributed by atoms with E-state index in [1.54, 1.807) is 0 Å². The monoisotopic (exact) mass is 428 g/mol. The van der Waals surface area contributed by atoms with Crippen molar-refractivity contribution < 1.29 is 24.8 Å². The Morgan fingerprint density at radius 3 is 1.67 bits per heavy atom. The van der Waals surface area contributed by atoms with Crippen molar-refractivity contribution in [3.05, 3.63) is 12.7 Å². The molecular formula is C25H48O5. The second-order valence-electron chi connectivity index (χ2n) is 8.83. The number of aliphatic hydroxyl groups excluding tert-OH is 3. The smallest absolute Gasteiger partial charge is 0.114 e. The third kappa shape index (κ3) is 13.1. The first-order valence-electron chi connectivity index (χ1n) is 12.5. The van der Waals surface area contributed by atoms with Crippen molar-refractivity contribution in [2.24, 2.45) is 0 Å². The van der Waals surface area contributed by atoms with Crippen LogP contribution in [0.1, 0.15) is 103 Å². The number of hydrogen-bond donors (Lipinski definition) is 3. The molecule has 0 aliphatic carbocycles. The average molecular weight is 429 g/mol. The summed E-state index contributed by atoms with van der Waals surface area (Å²) in [7, 11) is 0. The van der Waals surface area contributed by atoms with Crippen LogP contribution in [0.15, 0.2) is 12.7 Å². The molecular weight excluding hydrogens is 380 g/mol. The second kappa shape index (κ2) is 19.2. The number of unbranched alkanes of at least 4 members (excludes halogenated alkanes) is 15. The standard InChI is InChI=1S/C25H48O5/c1-2-3-4-5-6-7-8-9-10-11-12-13-14-15-16-17-18-19-29-23(20-26)25-24(28)22(27)21-30-25/h2,22-28H,1,3-21H2/t22-,23+,24-,25-/m1/s1. The first kappa shape index (κ1) is 27.6. The summed E-state index contributed by atoms with van der Waals surface area (Å²) in [6.07, 6.45) is 19.8. The van der Waals surface area contributed by atoms with Crippen LogP contribution in [0.4, 0.5) is 0 Å². The fraction of sp³-hybridized carbons (Fsp3) is 0.920. The van der Waals surface area contributed by atoms with E-state index in [4.69, 9.17) is 9.47 Å². The third-order valence-corrected chi connectivity index (χ3v) is 6.12. The van der Waals surface area contributed by atoms with Crippen LogP contribution in [0.2, 0.25) is 0 Å². The van der Waals surface area contributed by atoms with E-state index < -0.39 is 24.4 Å². The van der Waals surface area contributed by atoms with Crippen molar-refractivity contribution in [3.8, 4) is 0 Å². The van der Waals surface area contributed by atoms with Gasteiger partial charge in [0.25, 0.3) is 0 Å². The molecule has 0 radical (unpaired) electrons. The molecule has 0 bridgehead atoms. The van der Waals surface area contributed by atoms with Crippen molar-refractivity contribution in [2.45, 2.75) is 127 Å². The van der Waals surface area contributed by atoms with Gasteiger partial charge < -0.3 is 24.8 Å². The van der Waals surface area contributed by atoms with Crippen LogP contribution in [0, 0.1) is 0 Å². The van der Waals surface area contributed by atoms with Gasteiger partial charge in [-0.25, -0.2) is 0 Å². The molecule has 5 heteroatoms. The molecule has 0 amide bonds. The number of allylic oxidation sites excluding steroid dienone is 1. The highest BCUT2D eigenvalue weighted by Gasteiger charge is 2.40. The molecule has 3 N–H and O–H groups in total. The summed E-state index contributed by atoms with van der Waals surface area (Å²) >= 11 is 0. The summed E-state index contributed by atoms with van der Waals surface area (Å²) in [5, 5.41) is 28.8. The van der Waals surface area contributed by atoms with E-state index in [0.717, 1.165) is 12.8 Å². The molecule has 1 aliphatic heterocycles. The summed E-state index contributed by atoms with van der Waals surface area (Å²) in [6.45, 7) is 4.22. The van der Waals surface area contributed by atoms with Gasteiger partial charge in [-0.15, -0.1) is 6.58 Å². The van der Waals surface area contributed by atoms with Crippen molar-refractivity contribution in [2.75, 3.05) is 19.8 Å². The van der Waals surface area contributed by atoms with Gasteiger partial charge in [0.05, 0.1) is 13.2 Å². The lowest BCUT2D eigenvalue weighted by Gasteiger charge is -2.24. The quantitative estimate of drug-likeness (QED) is 0.179. The molecule has 0 unspecified atom stereocenters. The van der Waals surface area contributed by atoms with Crippen LogP contribution in [0.5, 0.6) is 0 Å². The topological polar surface area (TPSA) is 79.2 Å². The minimum atomic E-state index is -0.977. The SMILES string of the molecule is C=CCCCCCCCCCCCCCCCCCO[C@@H](CO)[C@H]1OC[C@@H](O)[C@H]1O. The van der Waals surface area contributed by atoms with E-state index >= 15 is 0 Å². The Morgan fingerprint density at radius 2 is 1.27 bits per heavy atom. The molecule has 5 nitrogen and oxygen atoms in total. The molecule has 4 atom stereocenters. The number of rotatable bonds is 21. The molecule has 0 spiro atoms. The Kier molecular flexibility index (Phi) is 17.7.